The van der Waals surface area contributed by atoms with Crippen LogP contribution >= 0.6 is 15.9 Å². The molecule has 0 saturated carbocycles. The van der Waals surface area contributed by atoms with Gasteiger partial charge in [0.1, 0.15) is 5.82 Å². The number of carbonyl (C=O) groups is 1. The van der Waals surface area contributed by atoms with E-state index in [1.54, 1.807) is 18.5 Å². The number of hydrogen-bond acceptors (Lipinski definition) is 4. The van der Waals surface area contributed by atoms with Gasteiger partial charge in [0.15, 0.2) is 0 Å². The monoisotopic (exact) mass is 346 g/mol. The number of nitrogens with one attached hydrogen (secondary N) is 1. The highest BCUT2D eigenvalue weighted by Crippen LogP contribution is 2.19. The van der Waals surface area contributed by atoms with E-state index in [2.05, 4.69) is 36.1 Å². The fourth-order valence-electron chi connectivity index (χ4n) is 2.33. The molecule has 108 valence electrons. The Bertz CT molecular complexity index is 638. The Labute approximate surface area is 131 Å². The Morgan fingerprint density at radius 1 is 1.19 bits per heavy atom. The summed E-state index contributed by atoms with van der Waals surface area (Å²) in [7, 11) is 0. The number of halogens is 1. The van der Waals surface area contributed by atoms with Crippen molar-refractivity contribution >= 4 is 33.3 Å². The van der Waals surface area contributed by atoms with Crippen LogP contribution in [0.15, 0.2) is 41.3 Å². The molecule has 0 unspecified atom stereocenters. The van der Waals surface area contributed by atoms with Gasteiger partial charge in [0.05, 0.1) is 17.4 Å². The van der Waals surface area contributed by atoms with E-state index < -0.39 is 0 Å². The van der Waals surface area contributed by atoms with Crippen LogP contribution in [-0.2, 0) is 0 Å². The maximum absolute atomic E-state index is 12.1. The Morgan fingerprint density at radius 3 is 2.67 bits per heavy atom. The number of pyridine rings is 2. The van der Waals surface area contributed by atoms with Crippen LogP contribution in [0.5, 0.6) is 0 Å². The molecule has 5 nitrogen and oxygen atoms in total. The van der Waals surface area contributed by atoms with E-state index >= 15 is 0 Å². The molecule has 2 aromatic rings. The van der Waals surface area contributed by atoms with Crippen molar-refractivity contribution in [2.45, 2.75) is 12.8 Å². The molecule has 3 rings (SSSR count). The molecular weight excluding hydrogens is 332 g/mol. The summed E-state index contributed by atoms with van der Waals surface area (Å²) in [5.41, 5.74) is 1.19. The molecule has 0 aromatic carbocycles. The van der Waals surface area contributed by atoms with Crippen LogP contribution in [-0.4, -0.2) is 29.0 Å². The lowest BCUT2D eigenvalue weighted by Crippen LogP contribution is -2.19. The standard InChI is InChI=1S/C15H15BrN4O/c16-12-7-11(8-17-9-12)15(21)19-13-3-4-14(18-10-13)20-5-1-2-6-20/h3-4,7-10H,1-2,5-6H2,(H,19,21). The predicted octanol–water partition coefficient (Wildman–Crippen LogP) is 3.09. The van der Waals surface area contributed by atoms with Crippen LogP contribution in [0.4, 0.5) is 11.5 Å². The zero-order valence-corrected chi connectivity index (χ0v) is 13.0. The summed E-state index contributed by atoms with van der Waals surface area (Å²) >= 11 is 3.30. The molecule has 1 saturated heterocycles. The molecule has 1 fully saturated rings. The van der Waals surface area contributed by atoms with Crippen LogP contribution in [0, 0.1) is 0 Å². The molecule has 0 atom stereocenters. The second-order valence-corrected chi connectivity index (χ2v) is 5.86. The van der Waals surface area contributed by atoms with Gasteiger partial charge in [0.25, 0.3) is 5.91 Å². The summed E-state index contributed by atoms with van der Waals surface area (Å²) in [6.07, 6.45) is 7.30. The lowest BCUT2D eigenvalue weighted by Gasteiger charge is -2.16. The van der Waals surface area contributed by atoms with Crippen molar-refractivity contribution in [1.82, 2.24) is 9.97 Å². The molecule has 21 heavy (non-hydrogen) atoms. The van der Waals surface area contributed by atoms with Gasteiger partial charge in [-0.3, -0.25) is 9.78 Å². The van der Waals surface area contributed by atoms with Crippen LogP contribution in [0.2, 0.25) is 0 Å². The normalized spacial score (nSPS) is 14.2. The number of rotatable bonds is 3. The van der Waals surface area contributed by atoms with Crippen LogP contribution in [0.25, 0.3) is 0 Å². The zero-order valence-electron chi connectivity index (χ0n) is 11.4. The van der Waals surface area contributed by atoms with E-state index in [9.17, 15) is 4.79 Å². The second-order valence-electron chi connectivity index (χ2n) is 4.95. The summed E-state index contributed by atoms with van der Waals surface area (Å²) in [5, 5.41) is 2.82. The van der Waals surface area contributed by atoms with Crippen molar-refractivity contribution in [2.24, 2.45) is 0 Å². The Balaban J connectivity index is 1.68. The highest BCUT2D eigenvalue weighted by atomic mass is 79.9. The van der Waals surface area contributed by atoms with Crippen molar-refractivity contribution in [3.05, 3.63) is 46.8 Å². The van der Waals surface area contributed by atoms with Gasteiger partial charge in [-0.25, -0.2) is 4.98 Å². The first kappa shape index (κ1) is 14.0. The smallest absolute Gasteiger partial charge is 0.257 e. The van der Waals surface area contributed by atoms with Crippen LogP contribution in [0.1, 0.15) is 23.2 Å². The molecular formula is C15H15BrN4O. The minimum atomic E-state index is -0.195. The van der Waals surface area contributed by atoms with Crippen molar-refractivity contribution in [3.8, 4) is 0 Å². The SMILES string of the molecule is O=C(Nc1ccc(N2CCCC2)nc1)c1cncc(Br)c1. The molecule has 1 N–H and O–H groups in total. The number of hydrogen-bond donors (Lipinski definition) is 1. The largest absolute Gasteiger partial charge is 0.357 e. The van der Waals surface area contributed by atoms with E-state index in [4.69, 9.17) is 0 Å². The van der Waals surface area contributed by atoms with Crippen LogP contribution in [0.3, 0.4) is 0 Å². The first-order valence-electron chi connectivity index (χ1n) is 6.85. The third kappa shape index (κ3) is 3.39. The van der Waals surface area contributed by atoms with E-state index in [0.717, 1.165) is 23.4 Å². The number of amides is 1. The Morgan fingerprint density at radius 2 is 2.00 bits per heavy atom. The number of anilines is 2. The molecule has 1 amide bonds. The third-order valence-electron chi connectivity index (χ3n) is 3.40. The Hall–Kier alpha value is -1.95. The van der Waals surface area contributed by atoms with Gasteiger partial charge in [-0.2, -0.15) is 0 Å². The van der Waals surface area contributed by atoms with E-state index in [0.29, 0.717) is 11.3 Å². The number of nitrogens with zero attached hydrogens (tertiary/aromatic N) is 3. The zero-order chi connectivity index (χ0) is 14.7. The summed E-state index contributed by atoms with van der Waals surface area (Å²) in [6.45, 7) is 2.12. The first-order chi connectivity index (χ1) is 10.2. The van der Waals surface area contributed by atoms with Gasteiger partial charge in [0.2, 0.25) is 0 Å². The first-order valence-corrected chi connectivity index (χ1v) is 7.64. The molecule has 1 aliphatic rings. The van der Waals surface area contributed by atoms with E-state index in [-0.39, 0.29) is 5.91 Å². The van der Waals surface area contributed by atoms with Gasteiger partial charge in [-0.05, 0) is 47.0 Å². The van der Waals surface area contributed by atoms with Crippen molar-refractivity contribution in [2.75, 3.05) is 23.3 Å². The average molecular weight is 347 g/mol. The van der Waals surface area contributed by atoms with Crippen molar-refractivity contribution < 1.29 is 4.79 Å². The number of aromatic nitrogens is 2. The molecule has 6 heteroatoms. The molecule has 2 aromatic heterocycles. The minimum absolute atomic E-state index is 0.195. The number of carbonyl (C=O) groups excluding carboxylic acids is 1. The lowest BCUT2D eigenvalue weighted by atomic mass is 10.2. The fraction of sp³-hybridized carbons (Fsp3) is 0.267. The third-order valence-corrected chi connectivity index (χ3v) is 3.84. The van der Waals surface area contributed by atoms with Gasteiger partial charge >= 0.3 is 0 Å². The maximum atomic E-state index is 12.1. The summed E-state index contributed by atoms with van der Waals surface area (Å²) in [5.74, 6) is 0.772. The molecule has 3 heterocycles. The van der Waals surface area contributed by atoms with Gasteiger partial charge in [0, 0.05) is 30.0 Å². The maximum Gasteiger partial charge on any atom is 0.257 e. The van der Waals surface area contributed by atoms with E-state index in [1.807, 2.05) is 12.1 Å². The highest BCUT2D eigenvalue weighted by molar-refractivity contribution is 9.10. The van der Waals surface area contributed by atoms with Crippen LogP contribution < -0.4 is 10.2 Å². The summed E-state index contributed by atoms with van der Waals surface area (Å²) in [4.78, 5) is 22.7. The second kappa shape index (κ2) is 6.22. The topological polar surface area (TPSA) is 58.1 Å². The van der Waals surface area contributed by atoms with E-state index in [1.165, 1.54) is 19.0 Å². The van der Waals surface area contributed by atoms with Gasteiger partial charge in [-0.15, -0.1) is 0 Å². The van der Waals surface area contributed by atoms with Gasteiger partial charge < -0.3 is 10.2 Å². The Kier molecular flexibility index (Phi) is 4.15. The average Bonchev–Trinajstić information content (AvgIpc) is 3.02. The molecule has 1 aliphatic heterocycles. The van der Waals surface area contributed by atoms with Crippen molar-refractivity contribution in [3.63, 3.8) is 0 Å². The summed E-state index contributed by atoms with van der Waals surface area (Å²) < 4.78 is 0.776. The lowest BCUT2D eigenvalue weighted by molar-refractivity contribution is 0.102. The molecule has 0 bridgehead atoms. The minimum Gasteiger partial charge on any atom is -0.357 e. The summed E-state index contributed by atoms with van der Waals surface area (Å²) in [6, 6.07) is 5.55. The highest BCUT2D eigenvalue weighted by Gasteiger charge is 2.13. The van der Waals surface area contributed by atoms with Crippen molar-refractivity contribution in [1.29, 1.82) is 0 Å². The molecule has 0 spiro atoms. The van der Waals surface area contributed by atoms with Gasteiger partial charge in [-0.1, -0.05) is 0 Å². The molecule has 0 radical (unpaired) electrons. The molecule has 0 aliphatic carbocycles. The predicted molar refractivity (Wildman–Crippen MR) is 85.6 cm³/mol. The quantitative estimate of drug-likeness (QED) is 0.927. The fourth-order valence-corrected chi connectivity index (χ4v) is 2.70.